The van der Waals surface area contributed by atoms with Crippen LogP contribution in [0.3, 0.4) is 0 Å². The lowest BCUT2D eigenvalue weighted by Crippen LogP contribution is -2.41. The van der Waals surface area contributed by atoms with Crippen LogP contribution in [0, 0.1) is 20.8 Å². The minimum Gasteiger partial charge on any atom is -0.325 e. The van der Waals surface area contributed by atoms with Crippen molar-refractivity contribution in [2.24, 2.45) is 0 Å². The molecule has 0 bridgehead atoms. The molecule has 6 heteroatoms. The van der Waals surface area contributed by atoms with E-state index in [1.807, 2.05) is 43.3 Å². The first-order chi connectivity index (χ1) is 12.5. The van der Waals surface area contributed by atoms with Crippen molar-refractivity contribution in [3.63, 3.8) is 0 Å². The lowest BCUT2D eigenvalue weighted by Gasteiger charge is -2.17. The second-order valence-corrected chi connectivity index (χ2v) is 8.99. The van der Waals surface area contributed by atoms with Gasteiger partial charge in [0.2, 0.25) is 15.9 Å². The maximum atomic E-state index is 12.8. The second-order valence-electron chi connectivity index (χ2n) is 7.34. The molecule has 1 unspecified atom stereocenters. The lowest BCUT2D eigenvalue weighted by molar-refractivity contribution is -0.117. The zero-order valence-electron chi connectivity index (χ0n) is 16.8. The fourth-order valence-corrected chi connectivity index (χ4v) is 4.79. The summed E-state index contributed by atoms with van der Waals surface area (Å²) in [4.78, 5) is 12.7. The number of rotatable bonds is 6. The molecular formula is C21H28N2O3S. The number of hydrogen-bond donors (Lipinski definition) is 2. The van der Waals surface area contributed by atoms with Crippen molar-refractivity contribution in [1.29, 1.82) is 0 Å². The fraction of sp³-hybridized carbons (Fsp3) is 0.381. The first kappa shape index (κ1) is 21.1. The van der Waals surface area contributed by atoms with E-state index < -0.39 is 22.0 Å². The summed E-state index contributed by atoms with van der Waals surface area (Å²) < 4.78 is 28.0. The van der Waals surface area contributed by atoms with E-state index >= 15 is 0 Å². The van der Waals surface area contributed by atoms with Crippen LogP contribution in [0.4, 0.5) is 5.69 Å². The van der Waals surface area contributed by atoms with E-state index in [1.54, 1.807) is 13.8 Å². The van der Waals surface area contributed by atoms with Crippen LogP contribution in [-0.4, -0.2) is 20.4 Å². The summed E-state index contributed by atoms with van der Waals surface area (Å²) in [6.45, 7) is 11.2. The predicted molar refractivity (Wildman–Crippen MR) is 110 cm³/mol. The standard InChI is InChI=1S/C21H28N2O3S/c1-13(2)18-7-9-19(10-8-18)22-21(24)17(6)23-27(25,26)20-15(4)11-14(3)12-16(20)5/h7-13,17,23H,1-6H3,(H,22,24). The van der Waals surface area contributed by atoms with Gasteiger partial charge in [-0.2, -0.15) is 4.72 Å². The van der Waals surface area contributed by atoms with E-state index in [1.165, 1.54) is 12.5 Å². The van der Waals surface area contributed by atoms with Crippen molar-refractivity contribution in [2.75, 3.05) is 5.32 Å². The second kappa shape index (κ2) is 8.23. The van der Waals surface area contributed by atoms with Crippen LogP contribution in [0.15, 0.2) is 41.3 Å². The van der Waals surface area contributed by atoms with Gasteiger partial charge in [-0.25, -0.2) is 8.42 Å². The molecule has 0 spiro atoms. The van der Waals surface area contributed by atoms with Crippen molar-refractivity contribution in [2.45, 2.75) is 58.4 Å². The van der Waals surface area contributed by atoms with Crippen LogP contribution < -0.4 is 10.0 Å². The van der Waals surface area contributed by atoms with Crippen molar-refractivity contribution in [3.05, 3.63) is 58.7 Å². The van der Waals surface area contributed by atoms with Crippen LogP contribution in [0.25, 0.3) is 0 Å². The number of hydrogen-bond acceptors (Lipinski definition) is 3. The Kier molecular flexibility index (Phi) is 6.44. The van der Waals surface area contributed by atoms with Gasteiger partial charge < -0.3 is 5.32 Å². The van der Waals surface area contributed by atoms with Crippen molar-refractivity contribution >= 4 is 21.6 Å². The Balaban J connectivity index is 2.13. The van der Waals surface area contributed by atoms with Gasteiger partial charge in [0.25, 0.3) is 0 Å². The van der Waals surface area contributed by atoms with Gasteiger partial charge in [-0.3, -0.25) is 4.79 Å². The highest BCUT2D eigenvalue weighted by molar-refractivity contribution is 7.89. The fourth-order valence-electron chi connectivity index (χ4n) is 3.14. The van der Waals surface area contributed by atoms with Crippen LogP contribution in [-0.2, 0) is 14.8 Å². The Labute approximate surface area is 162 Å². The Morgan fingerprint density at radius 3 is 1.93 bits per heavy atom. The zero-order valence-corrected chi connectivity index (χ0v) is 17.6. The normalized spacial score (nSPS) is 12.9. The van der Waals surface area contributed by atoms with Crippen LogP contribution in [0.1, 0.15) is 48.9 Å². The van der Waals surface area contributed by atoms with E-state index in [0.717, 1.165) is 5.56 Å². The Bertz CT molecular complexity index is 909. The maximum Gasteiger partial charge on any atom is 0.242 e. The predicted octanol–water partition coefficient (Wildman–Crippen LogP) is 4.04. The number of anilines is 1. The summed E-state index contributed by atoms with van der Waals surface area (Å²) in [5.74, 6) is -0.000219. The quantitative estimate of drug-likeness (QED) is 0.784. The smallest absolute Gasteiger partial charge is 0.242 e. The average Bonchev–Trinajstić information content (AvgIpc) is 2.53. The highest BCUT2D eigenvalue weighted by Crippen LogP contribution is 2.22. The molecule has 0 aromatic heterocycles. The number of aryl methyl sites for hydroxylation is 3. The molecule has 2 aromatic rings. The van der Waals surface area contributed by atoms with Crippen molar-refractivity contribution in [3.8, 4) is 0 Å². The molecule has 2 rings (SSSR count). The minimum atomic E-state index is -3.80. The first-order valence-electron chi connectivity index (χ1n) is 9.02. The van der Waals surface area contributed by atoms with Gasteiger partial charge in [0.15, 0.2) is 0 Å². The van der Waals surface area contributed by atoms with Crippen LogP contribution >= 0.6 is 0 Å². The first-order valence-corrected chi connectivity index (χ1v) is 10.5. The number of carbonyl (C=O) groups excluding carboxylic acids is 1. The molecule has 0 saturated carbocycles. The van der Waals surface area contributed by atoms with Gasteiger partial charge in [-0.05, 0) is 62.4 Å². The molecule has 0 saturated heterocycles. The average molecular weight is 389 g/mol. The van der Waals surface area contributed by atoms with E-state index in [4.69, 9.17) is 0 Å². The summed E-state index contributed by atoms with van der Waals surface area (Å²) in [6, 6.07) is 10.3. The molecule has 27 heavy (non-hydrogen) atoms. The van der Waals surface area contributed by atoms with Crippen LogP contribution in [0.2, 0.25) is 0 Å². The molecule has 1 atom stereocenters. The summed E-state index contributed by atoms with van der Waals surface area (Å²) in [6.07, 6.45) is 0. The molecule has 146 valence electrons. The number of benzene rings is 2. The maximum absolute atomic E-state index is 12.8. The lowest BCUT2D eigenvalue weighted by atomic mass is 10.0. The highest BCUT2D eigenvalue weighted by atomic mass is 32.2. The highest BCUT2D eigenvalue weighted by Gasteiger charge is 2.25. The Morgan fingerprint density at radius 2 is 1.44 bits per heavy atom. The molecule has 0 aliphatic heterocycles. The van der Waals surface area contributed by atoms with E-state index in [2.05, 4.69) is 23.9 Å². The molecule has 0 aliphatic rings. The van der Waals surface area contributed by atoms with Gasteiger partial charge in [-0.1, -0.05) is 43.7 Å². The minimum absolute atomic E-state index is 0.231. The number of sulfonamides is 1. The molecule has 0 heterocycles. The third-order valence-corrected chi connectivity index (χ3v) is 6.29. The molecule has 0 aliphatic carbocycles. The largest absolute Gasteiger partial charge is 0.325 e. The molecule has 1 amide bonds. The van der Waals surface area contributed by atoms with E-state index in [9.17, 15) is 13.2 Å². The van der Waals surface area contributed by atoms with Gasteiger partial charge in [0, 0.05) is 5.69 Å². The van der Waals surface area contributed by atoms with Gasteiger partial charge in [0.1, 0.15) is 0 Å². The summed E-state index contributed by atoms with van der Waals surface area (Å²) in [7, 11) is -3.80. The van der Waals surface area contributed by atoms with Gasteiger partial charge in [-0.15, -0.1) is 0 Å². The van der Waals surface area contributed by atoms with Gasteiger partial charge >= 0.3 is 0 Å². The zero-order chi connectivity index (χ0) is 20.4. The molecule has 0 radical (unpaired) electrons. The van der Waals surface area contributed by atoms with Crippen LogP contribution in [0.5, 0.6) is 0 Å². The number of amides is 1. The summed E-state index contributed by atoms with van der Waals surface area (Å²) in [5, 5.41) is 2.75. The molecule has 2 N–H and O–H groups in total. The summed E-state index contributed by atoms with van der Waals surface area (Å²) >= 11 is 0. The van der Waals surface area contributed by atoms with Crippen molar-refractivity contribution in [1.82, 2.24) is 4.72 Å². The third kappa shape index (κ3) is 5.17. The molecular weight excluding hydrogens is 360 g/mol. The monoisotopic (exact) mass is 388 g/mol. The Morgan fingerprint density at radius 1 is 0.926 bits per heavy atom. The molecule has 2 aromatic carbocycles. The number of nitrogens with one attached hydrogen (secondary N) is 2. The number of carbonyl (C=O) groups is 1. The van der Waals surface area contributed by atoms with Gasteiger partial charge in [0.05, 0.1) is 10.9 Å². The third-order valence-electron chi connectivity index (χ3n) is 4.44. The van der Waals surface area contributed by atoms with Crippen molar-refractivity contribution < 1.29 is 13.2 Å². The van der Waals surface area contributed by atoms with E-state index in [0.29, 0.717) is 22.7 Å². The Hall–Kier alpha value is -2.18. The summed E-state index contributed by atoms with van der Waals surface area (Å²) in [5.41, 5.74) is 4.14. The topological polar surface area (TPSA) is 75.3 Å². The molecule has 0 fully saturated rings. The molecule has 5 nitrogen and oxygen atoms in total. The van der Waals surface area contributed by atoms with E-state index in [-0.39, 0.29) is 4.90 Å². The SMILES string of the molecule is Cc1cc(C)c(S(=O)(=O)NC(C)C(=O)Nc2ccc(C(C)C)cc2)c(C)c1.